The molecule has 0 saturated carbocycles. The van der Waals surface area contributed by atoms with Crippen molar-refractivity contribution in [1.82, 2.24) is 20.1 Å². The summed E-state index contributed by atoms with van der Waals surface area (Å²) in [5.74, 6) is 0.889. The van der Waals surface area contributed by atoms with E-state index in [0.717, 1.165) is 49.5 Å². The molecule has 26 heavy (non-hydrogen) atoms. The van der Waals surface area contributed by atoms with E-state index in [4.69, 9.17) is 0 Å². The number of nitrogens with zero attached hydrogens (tertiary/aromatic N) is 3. The second kappa shape index (κ2) is 9.24. The summed E-state index contributed by atoms with van der Waals surface area (Å²) in [6, 6.07) is 11.2. The highest BCUT2D eigenvalue weighted by atomic mass is 79.9. The SMILES string of the molecule is CN=C(NCc1ccn(C)c1)NC1CCN(Cc2ccc(Br)cc2)CC1. The molecule has 0 spiro atoms. The van der Waals surface area contributed by atoms with Crippen molar-refractivity contribution in [2.75, 3.05) is 20.1 Å². The van der Waals surface area contributed by atoms with Crippen molar-refractivity contribution in [3.8, 4) is 0 Å². The standard InChI is InChI=1S/C20H28BrN5/c1-22-20(23-13-17-7-10-25(2)14-17)24-19-8-11-26(12-9-19)15-16-3-5-18(21)6-4-16/h3-7,10,14,19H,8-9,11-13,15H2,1-2H3,(H2,22,23,24). The number of aromatic nitrogens is 1. The van der Waals surface area contributed by atoms with E-state index in [1.165, 1.54) is 11.1 Å². The Hall–Kier alpha value is -1.79. The number of likely N-dealkylation sites (tertiary alicyclic amines) is 1. The molecule has 1 aliphatic rings. The van der Waals surface area contributed by atoms with Crippen LogP contribution >= 0.6 is 15.9 Å². The Kier molecular flexibility index (Phi) is 6.74. The van der Waals surface area contributed by atoms with Gasteiger partial charge in [-0.1, -0.05) is 28.1 Å². The van der Waals surface area contributed by atoms with Crippen molar-refractivity contribution in [3.63, 3.8) is 0 Å². The maximum Gasteiger partial charge on any atom is 0.191 e. The topological polar surface area (TPSA) is 44.6 Å². The molecular formula is C20H28BrN5. The predicted molar refractivity (Wildman–Crippen MR) is 111 cm³/mol. The van der Waals surface area contributed by atoms with Gasteiger partial charge in [0.15, 0.2) is 5.96 Å². The lowest BCUT2D eigenvalue weighted by Gasteiger charge is -2.33. The second-order valence-electron chi connectivity index (χ2n) is 6.93. The molecule has 2 aromatic rings. The van der Waals surface area contributed by atoms with Crippen LogP contribution in [0.25, 0.3) is 0 Å². The third-order valence-corrected chi connectivity index (χ3v) is 5.35. The number of aryl methyl sites for hydroxylation is 1. The molecule has 2 heterocycles. The summed E-state index contributed by atoms with van der Waals surface area (Å²) in [7, 11) is 3.88. The van der Waals surface area contributed by atoms with Gasteiger partial charge in [0.25, 0.3) is 0 Å². The van der Waals surface area contributed by atoms with Crippen molar-refractivity contribution in [2.24, 2.45) is 12.0 Å². The smallest absolute Gasteiger partial charge is 0.191 e. The molecule has 3 rings (SSSR count). The minimum atomic E-state index is 0.484. The van der Waals surface area contributed by atoms with Gasteiger partial charge in [-0.3, -0.25) is 9.89 Å². The van der Waals surface area contributed by atoms with E-state index in [0.29, 0.717) is 6.04 Å². The van der Waals surface area contributed by atoms with Crippen LogP contribution in [0.5, 0.6) is 0 Å². The zero-order chi connectivity index (χ0) is 18.4. The lowest BCUT2D eigenvalue weighted by atomic mass is 10.0. The Morgan fingerprint density at radius 1 is 1.15 bits per heavy atom. The lowest BCUT2D eigenvalue weighted by molar-refractivity contribution is 0.198. The third kappa shape index (κ3) is 5.61. The van der Waals surface area contributed by atoms with Crippen LogP contribution in [-0.4, -0.2) is 41.6 Å². The molecule has 5 nitrogen and oxygen atoms in total. The molecule has 1 aromatic heterocycles. The lowest BCUT2D eigenvalue weighted by Crippen LogP contribution is -2.48. The van der Waals surface area contributed by atoms with Gasteiger partial charge in [0.1, 0.15) is 0 Å². The quantitative estimate of drug-likeness (QED) is 0.580. The molecule has 0 unspecified atom stereocenters. The highest BCUT2D eigenvalue weighted by molar-refractivity contribution is 9.10. The van der Waals surface area contributed by atoms with Crippen molar-refractivity contribution >= 4 is 21.9 Å². The highest BCUT2D eigenvalue weighted by Crippen LogP contribution is 2.16. The van der Waals surface area contributed by atoms with Gasteiger partial charge in [-0.05, 0) is 42.2 Å². The van der Waals surface area contributed by atoms with Crippen LogP contribution in [0.3, 0.4) is 0 Å². The summed E-state index contributed by atoms with van der Waals surface area (Å²) in [4.78, 5) is 6.90. The number of nitrogens with one attached hydrogen (secondary N) is 2. The first-order valence-electron chi connectivity index (χ1n) is 9.17. The van der Waals surface area contributed by atoms with Crippen molar-refractivity contribution in [1.29, 1.82) is 0 Å². The maximum atomic E-state index is 4.37. The summed E-state index contributed by atoms with van der Waals surface area (Å²) in [6.07, 6.45) is 6.47. The predicted octanol–water partition coefficient (Wildman–Crippen LogP) is 3.12. The van der Waals surface area contributed by atoms with Crippen LogP contribution in [0.2, 0.25) is 0 Å². The van der Waals surface area contributed by atoms with Gasteiger partial charge in [-0.25, -0.2) is 0 Å². The monoisotopic (exact) mass is 417 g/mol. The number of halogens is 1. The number of hydrogen-bond donors (Lipinski definition) is 2. The van der Waals surface area contributed by atoms with Crippen LogP contribution in [0.4, 0.5) is 0 Å². The molecule has 2 N–H and O–H groups in total. The maximum absolute atomic E-state index is 4.37. The number of aliphatic imine (C=N–C) groups is 1. The fourth-order valence-electron chi connectivity index (χ4n) is 3.32. The first-order valence-corrected chi connectivity index (χ1v) is 9.96. The van der Waals surface area contributed by atoms with Crippen LogP contribution in [0.1, 0.15) is 24.0 Å². The summed E-state index contributed by atoms with van der Waals surface area (Å²) in [5.41, 5.74) is 2.64. The largest absolute Gasteiger partial charge is 0.357 e. The number of hydrogen-bond acceptors (Lipinski definition) is 2. The summed E-state index contributed by atoms with van der Waals surface area (Å²) in [5, 5.41) is 6.98. The number of rotatable bonds is 5. The molecule has 1 fully saturated rings. The summed E-state index contributed by atoms with van der Waals surface area (Å²) < 4.78 is 3.20. The average Bonchev–Trinajstić information content (AvgIpc) is 3.07. The number of guanidine groups is 1. The minimum absolute atomic E-state index is 0.484. The van der Waals surface area contributed by atoms with E-state index in [2.05, 4.69) is 83.7 Å². The van der Waals surface area contributed by atoms with Crippen LogP contribution in [-0.2, 0) is 20.1 Å². The van der Waals surface area contributed by atoms with Crippen LogP contribution in [0, 0.1) is 0 Å². The third-order valence-electron chi connectivity index (χ3n) is 4.82. The van der Waals surface area contributed by atoms with E-state index in [1.54, 1.807) is 0 Å². The van der Waals surface area contributed by atoms with Crippen molar-refractivity contribution in [3.05, 3.63) is 58.3 Å². The molecule has 0 amide bonds. The first-order chi connectivity index (χ1) is 12.6. The molecule has 0 aliphatic carbocycles. The number of benzene rings is 1. The second-order valence-corrected chi connectivity index (χ2v) is 7.85. The average molecular weight is 418 g/mol. The fraction of sp³-hybridized carbons (Fsp3) is 0.450. The van der Waals surface area contributed by atoms with E-state index in [1.807, 2.05) is 14.1 Å². The molecule has 6 heteroatoms. The minimum Gasteiger partial charge on any atom is -0.357 e. The Bertz CT molecular complexity index is 714. The first kappa shape index (κ1) is 19.0. The van der Waals surface area contributed by atoms with E-state index < -0.39 is 0 Å². The molecule has 1 aliphatic heterocycles. The number of piperidine rings is 1. The molecule has 0 atom stereocenters. The van der Waals surface area contributed by atoms with Crippen molar-refractivity contribution in [2.45, 2.75) is 32.0 Å². The molecule has 0 radical (unpaired) electrons. The van der Waals surface area contributed by atoms with E-state index in [-0.39, 0.29) is 0 Å². The van der Waals surface area contributed by atoms with Gasteiger partial charge in [0.2, 0.25) is 0 Å². The summed E-state index contributed by atoms with van der Waals surface area (Å²) >= 11 is 3.50. The van der Waals surface area contributed by atoms with Crippen LogP contribution < -0.4 is 10.6 Å². The normalized spacial score (nSPS) is 16.7. The van der Waals surface area contributed by atoms with E-state index >= 15 is 0 Å². The van der Waals surface area contributed by atoms with Gasteiger partial charge < -0.3 is 15.2 Å². The van der Waals surface area contributed by atoms with Gasteiger partial charge in [0, 0.05) is 63.2 Å². The van der Waals surface area contributed by atoms with E-state index in [9.17, 15) is 0 Å². The molecule has 0 bridgehead atoms. The Morgan fingerprint density at radius 3 is 2.50 bits per heavy atom. The Morgan fingerprint density at radius 2 is 1.88 bits per heavy atom. The fourth-order valence-corrected chi connectivity index (χ4v) is 3.59. The molecule has 1 saturated heterocycles. The van der Waals surface area contributed by atoms with Gasteiger partial charge in [-0.2, -0.15) is 0 Å². The van der Waals surface area contributed by atoms with Crippen molar-refractivity contribution < 1.29 is 0 Å². The molecule has 140 valence electrons. The highest BCUT2D eigenvalue weighted by Gasteiger charge is 2.20. The Labute approximate surface area is 164 Å². The van der Waals surface area contributed by atoms with Gasteiger partial charge >= 0.3 is 0 Å². The van der Waals surface area contributed by atoms with Gasteiger partial charge in [-0.15, -0.1) is 0 Å². The van der Waals surface area contributed by atoms with Gasteiger partial charge in [0.05, 0.1) is 0 Å². The summed E-state index contributed by atoms with van der Waals surface area (Å²) in [6.45, 7) is 4.05. The molecule has 1 aromatic carbocycles. The molecular weight excluding hydrogens is 390 g/mol. The Balaban J connectivity index is 1.41. The zero-order valence-electron chi connectivity index (χ0n) is 15.6. The zero-order valence-corrected chi connectivity index (χ0v) is 17.2. The van der Waals surface area contributed by atoms with Crippen LogP contribution in [0.15, 0.2) is 52.2 Å².